The van der Waals surface area contributed by atoms with E-state index in [2.05, 4.69) is 4.98 Å². The molecule has 2 heterocycles. The van der Waals surface area contributed by atoms with Crippen molar-refractivity contribution in [2.45, 2.75) is 32.7 Å². The molecule has 7 heteroatoms. The third-order valence-electron chi connectivity index (χ3n) is 4.86. The lowest BCUT2D eigenvalue weighted by Gasteiger charge is -2.37. The van der Waals surface area contributed by atoms with E-state index in [9.17, 15) is 19.5 Å². The van der Waals surface area contributed by atoms with Crippen molar-refractivity contribution in [3.8, 4) is 0 Å². The summed E-state index contributed by atoms with van der Waals surface area (Å²) in [7, 11) is 0. The average molecular weight is 343 g/mol. The van der Waals surface area contributed by atoms with Gasteiger partial charge in [-0.3, -0.25) is 19.0 Å². The monoisotopic (exact) mass is 343 g/mol. The van der Waals surface area contributed by atoms with Crippen molar-refractivity contribution < 1.29 is 14.7 Å². The van der Waals surface area contributed by atoms with Gasteiger partial charge in [-0.2, -0.15) is 0 Å². The van der Waals surface area contributed by atoms with Crippen LogP contribution in [0.15, 0.2) is 35.4 Å². The average Bonchev–Trinajstić information content (AvgIpc) is 2.61. The maximum absolute atomic E-state index is 12.5. The fourth-order valence-electron chi connectivity index (χ4n) is 3.27. The van der Waals surface area contributed by atoms with E-state index in [1.165, 1.54) is 10.9 Å². The highest BCUT2D eigenvalue weighted by atomic mass is 16.4. The molecule has 1 fully saturated rings. The normalized spacial score (nSPS) is 20.6. The number of para-hydroxylation sites is 1. The van der Waals surface area contributed by atoms with Crippen LogP contribution in [0.2, 0.25) is 0 Å². The lowest BCUT2D eigenvalue weighted by molar-refractivity contribution is -0.153. The van der Waals surface area contributed by atoms with E-state index in [1.807, 2.05) is 6.07 Å². The molecule has 3 rings (SSSR count). The molecule has 0 bridgehead atoms. The molecule has 0 radical (unpaired) electrons. The Kier molecular flexibility index (Phi) is 4.57. The van der Waals surface area contributed by atoms with Crippen molar-refractivity contribution in [3.05, 3.63) is 40.9 Å². The molecule has 1 saturated heterocycles. The van der Waals surface area contributed by atoms with Crippen molar-refractivity contribution in [2.24, 2.45) is 5.41 Å². The van der Waals surface area contributed by atoms with E-state index in [0.717, 1.165) is 0 Å². The van der Waals surface area contributed by atoms with Gasteiger partial charge in [-0.25, -0.2) is 4.98 Å². The Morgan fingerprint density at radius 1 is 1.32 bits per heavy atom. The van der Waals surface area contributed by atoms with Gasteiger partial charge in [0, 0.05) is 26.1 Å². The first-order chi connectivity index (χ1) is 11.9. The second kappa shape index (κ2) is 6.66. The minimum atomic E-state index is -0.894. The van der Waals surface area contributed by atoms with Crippen LogP contribution >= 0.6 is 0 Å². The summed E-state index contributed by atoms with van der Waals surface area (Å²) in [5.41, 5.74) is -0.439. The molecule has 1 aromatic heterocycles. The number of fused-ring (bicyclic) bond motifs is 1. The summed E-state index contributed by atoms with van der Waals surface area (Å²) >= 11 is 0. The number of carbonyl (C=O) groups is 2. The summed E-state index contributed by atoms with van der Waals surface area (Å²) in [5.74, 6) is -1.01. The van der Waals surface area contributed by atoms with Crippen LogP contribution in [0.25, 0.3) is 10.9 Å². The maximum Gasteiger partial charge on any atom is 0.311 e. The third-order valence-corrected chi connectivity index (χ3v) is 4.86. The third kappa shape index (κ3) is 3.40. The number of aliphatic carboxylic acids is 1. The minimum Gasteiger partial charge on any atom is -0.481 e. The molecule has 1 aromatic carbocycles. The lowest BCUT2D eigenvalue weighted by atomic mass is 9.82. The van der Waals surface area contributed by atoms with Crippen molar-refractivity contribution in [2.75, 3.05) is 13.1 Å². The second-order valence-electron chi connectivity index (χ2n) is 6.79. The fourth-order valence-corrected chi connectivity index (χ4v) is 3.27. The van der Waals surface area contributed by atoms with Gasteiger partial charge in [-0.15, -0.1) is 0 Å². The van der Waals surface area contributed by atoms with Crippen molar-refractivity contribution in [1.82, 2.24) is 14.5 Å². The Balaban J connectivity index is 1.69. The van der Waals surface area contributed by atoms with Crippen LogP contribution in [0.5, 0.6) is 0 Å². The number of aryl methyl sites for hydroxylation is 1. The van der Waals surface area contributed by atoms with Gasteiger partial charge in [0.25, 0.3) is 5.56 Å². The Labute approximate surface area is 144 Å². The van der Waals surface area contributed by atoms with Crippen molar-refractivity contribution >= 4 is 22.8 Å². The number of carboxylic acids is 1. The highest BCUT2D eigenvalue weighted by Crippen LogP contribution is 2.29. The van der Waals surface area contributed by atoms with E-state index in [0.29, 0.717) is 30.3 Å². The number of aromatic nitrogens is 2. The number of piperidine rings is 1. The van der Waals surface area contributed by atoms with Crippen LogP contribution in [0.1, 0.15) is 26.2 Å². The predicted octanol–water partition coefficient (Wildman–Crippen LogP) is 1.50. The molecule has 0 aliphatic carbocycles. The molecule has 1 N–H and O–H groups in total. The van der Waals surface area contributed by atoms with E-state index in [4.69, 9.17) is 0 Å². The smallest absolute Gasteiger partial charge is 0.311 e. The van der Waals surface area contributed by atoms with Crippen LogP contribution in [0.4, 0.5) is 0 Å². The molecule has 2 aromatic rings. The zero-order valence-electron chi connectivity index (χ0n) is 14.1. The topological polar surface area (TPSA) is 92.5 Å². The summed E-state index contributed by atoms with van der Waals surface area (Å²) in [6.07, 6.45) is 2.84. The van der Waals surface area contributed by atoms with E-state index < -0.39 is 11.4 Å². The molecule has 132 valence electrons. The van der Waals surface area contributed by atoms with Crippen LogP contribution in [-0.4, -0.2) is 44.5 Å². The summed E-state index contributed by atoms with van der Waals surface area (Å²) in [6.45, 7) is 2.68. The number of hydrogen-bond acceptors (Lipinski definition) is 4. The van der Waals surface area contributed by atoms with Gasteiger partial charge in [0.1, 0.15) is 0 Å². The van der Waals surface area contributed by atoms with E-state index in [-0.39, 0.29) is 31.0 Å². The zero-order chi connectivity index (χ0) is 18.0. The standard InChI is InChI=1S/C18H21N3O4/c1-18(17(24)25)8-4-9-20(11-18)15(22)7-10-21-12-19-14-6-3-2-5-13(14)16(21)23/h2-3,5-6,12H,4,7-11H2,1H3,(H,24,25). The Morgan fingerprint density at radius 3 is 2.84 bits per heavy atom. The summed E-state index contributed by atoms with van der Waals surface area (Å²) in [5, 5.41) is 9.87. The minimum absolute atomic E-state index is 0.132. The maximum atomic E-state index is 12.5. The zero-order valence-corrected chi connectivity index (χ0v) is 14.1. The van der Waals surface area contributed by atoms with Gasteiger partial charge in [0.05, 0.1) is 22.6 Å². The second-order valence-corrected chi connectivity index (χ2v) is 6.79. The van der Waals surface area contributed by atoms with Gasteiger partial charge in [-0.05, 0) is 31.9 Å². The van der Waals surface area contributed by atoms with E-state index >= 15 is 0 Å². The highest BCUT2D eigenvalue weighted by Gasteiger charge is 2.39. The van der Waals surface area contributed by atoms with Gasteiger partial charge in [0.2, 0.25) is 5.91 Å². The molecule has 1 amide bonds. The molecule has 1 aliphatic heterocycles. The first-order valence-corrected chi connectivity index (χ1v) is 8.36. The SMILES string of the molecule is CC1(C(=O)O)CCCN(C(=O)CCn2cnc3ccccc3c2=O)C1. The number of benzene rings is 1. The number of rotatable bonds is 4. The molecule has 1 atom stereocenters. The molecule has 7 nitrogen and oxygen atoms in total. The largest absolute Gasteiger partial charge is 0.481 e. The molecule has 1 aliphatic rings. The van der Waals surface area contributed by atoms with Crippen molar-refractivity contribution in [1.29, 1.82) is 0 Å². The Hall–Kier alpha value is -2.70. The first-order valence-electron chi connectivity index (χ1n) is 8.36. The van der Waals surface area contributed by atoms with Crippen LogP contribution in [-0.2, 0) is 16.1 Å². The molecule has 0 spiro atoms. The summed E-state index contributed by atoms with van der Waals surface area (Å²) < 4.78 is 1.43. The lowest BCUT2D eigenvalue weighted by Crippen LogP contribution is -2.48. The van der Waals surface area contributed by atoms with Gasteiger partial charge in [0.15, 0.2) is 0 Å². The molecular formula is C18H21N3O4. The van der Waals surface area contributed by atoms with E-state index in [1.54, 1.807) is 30.0 Å². The van der Waals surface area contributed by atoms with Gasteiger partial charge >= 0.3 is 5.97 Å². The molecule has 0 saturated carbocycles. The Morgan fingerprint density at radius 2 is 2.08 bits per heavy atom. The summed E-state index contributed by atoms with van der Waals surface area (Å²) in [4.78, 5) is 42.1. The number of carboxylic acid groups (broad SMARTS) is 1. The number of hydrogen-bond donors (Lipinski definition) is 1. The number of carbonyl (C=O) groups excluding carboxylic acids is 1. The molecule has 25 heavy (non-hydrogen) atoms. The summed E-state index contributed by atoms with van der Waals surface area (Å²) in [6, 6.07) is 7.08. The number of amides is 1. The number of likely N-dealkylation sites (tertiary alicyclic amines) is 1. The first kappa shape index (κ1) is 17.1. The van der Waals surface area contributed by atoms with Crippen molar-refractivity contribution in [3.63, 3.8) is 0 Å². The fraction of sp³-hybridized carbons (Fsp3) is 0.444. The highest BCUT2D eigenvalue weighted by molar-refractivity contribution is 5.80. The molecular weight excluding hydrogens is 322 g/mol. The van der Waals surface area contributed by atoms with Crippen LogP contribution in [0, 0.1) is 5.41 Å². The Bertz CT molecular complexity index is 876. The van der Waals surface area contributed by atoms with Gasteiger partial charge < -0.3 is 10.0 Å². The number of nitrogens with zero attached hydrogens (tertiary/aromatic N) is 3. The molecule has 1 unspecified atom stereocenters. The quantitative estimate of drug-likeness (QED) is 0.908. The van der Waals surface area contributed by atoms with Gasteiger partial charge in [-0.1, -0.05) is 12.1 Å². The van der Waals surface area contributed by atoms with Crippen LogP contribution in [0.3, 0.4) is 0 Å². The van der Waals surface area contributed by atoms with Crippen LogP contribution < -0.4 is 5.56 Å². The predicted molar refractivity (Wildman–Crippen MR) is 92.2 cm³/mol.